The predicted molar refractivity (Wildman–Crippen MR) is 108 cm³/mol. The first-order valence-electron chi connectivity index (χ1n) is 8.69. The van der Waals surface area contributed by atoms with Gasteiger partial charge in [-0.05, 0) is 49.4 Å². The van der Waals surface area contributed by atoms with Gasteiger partial charge in [0.05, 0.1) is 22.8 Å². The molecule has 1 atom stereocenters. The van der Waals surface area contributed by atoms with Crippen LogP contribution in [0.5, 0.6) is 0 Å². The molecular formula is C19H20N2O5S2. The van der Waals surface area contributed by atoms with Crippen molar-refractivity contribution < 1.29 is 22.7 Å². The Bertz CT molecular complexity index is 1000. The Morgan fingerprint density at radius 3 is 2.64 bits per heavy atom. The van der Waals surface area contributed by atoms with Gasteiger partial charge in [0.15, 0.2) is 0 Å². The summed E-state index contributed by atoms with van der Waals surface area (Å²) in [5, 5.41) is 2.87. The van der Waals surface area contributed by atoms with Gasteiger partial charge in [-0.2, -0.15) is 0 Å². The Morgan fingerprint density at radius 2 is 1.96 bits per heavy atom. The molecule has 0 spiro atoms. The van der Waals surface area contributed by atoms with Gasteiger partial charge < -0.3 is 10.1 Å². The fourth-order valence-corrected chi connectivity index (χ4v) is 4.84. The Morgan fingerprint density at radius 1 is 1.25 bits per heavy atom. The minimum Gasteiger partial charge on any atom is -0.462 e. The third-order valence-corrected chi connectivity index (χ3v) is 6.54. The first-order valence-corrected chi connectivity index (χ1v) is 11.1. The highest BCUT2D eigenvalue weighted by molar-refractivity contribution is 8.00. The van der Waals surface area contributed by atoms with Gasteiger partial charge >= 0.3 is 5.97 Å². The average Bonchev–Trinajstić information content (AvgIpc) is 2.77. The van der Waals surface area contributed by atoms with Crippen molar-refractivity contribution in [3.05, 3.63) is 48.0 Å². The molecular weight excluding hydrogens is 400 g/mol. The summed E-state index contributed by atoms with van der Waals surface area (Å²) in [4.78, 5) is 24.5. The standard InChI is InChI=1S/C19H20N2O5S2/c1-3-26-19(23)13-4-6-14(7-5-13)21-28(24,25)15-8-9-17-16(11-15)20-18(22)10-12(2)27-17/h4-9,11-12,21H,3,10H2,1-2H3,(H,20,22)/t12-/m1/s1. The van der Waals surface area contributed by atoms with Crippen molar-refractivity contribution in [2.45, 2.75) is 35.3 Å². The third-order valence-electron chi connectivity index (χ3n) is 3.98. The van der Waals surface area contributed by atoms with Gasteiger partial charge in [0, 0.05) is 22.3 Å². The van der Waals surface area contributed by atoms with Crippen LogP contribution in [0.2, 0.25) is 0 Å². The Balaban J connectivity index is 1.82. The summed E-state index contributed by atoms with van der Waals surface area (Å²) in [7, 11) is -3.86. The molecule has 9 heteroatoms. The number of hydrogen-bond donors (Lipinski definition) is 2. The van der Waals surface area contributed by atoms with E-state index in [2.05, 4.69) is 10.0 Å². The van der Waals surface area contributed by atoms with Gasteiger partial charge in [0.25, 0.3) is 10.0 Å². The van der Waals surface area contributed by atoms with Gasteiger partial charge in [-0.1, -0.05) is 6.92 Å². The number of amides is 1. The molecule has 1 aliphatic rings. The molecule has 28 heavy (non-hydrogen) atoms. The van der Waals surface area contributed by atoms with Gasteiger partial charge in [-0.25, -0.2) is 13.2 Å². The largest absolute Gasteiger partial charge is 0.462 e. The number of carbonyl (C=O) groups is 2. The second-order valence-corrected chi connectivity index (χ2v) is 9.40. The minimum absolute atomic E-state index is 0.0381. The molecule has 1 amide bonds. The fraction of sp³-hybridized carbons (Fsp3) is 0.263. The third kappa shape index (κ3) is 4.66. The summed E-state index contributed by atoms with van der Waals surface area (Å²) >= 11 is 1.53. The van der Waals surface area contributed by atoms with Crippen molar-refractivity contribution in [2.75, 3.05) is 16.6 Å². The smallest absolute Gasteiger partial charge is 0.338 e. The SMILES string of the molecule is CCOC(=O)c1ccc(NS(=O)(=O)c2ccc3c(c2)NC(=O)C[C@@H](C)S3)cc1. The number of sulfonamides is 1. The second-order valence-electron chi connectivity index (χ2n) is 6.24. The molecule has 0 bridgehead atoms. The molecule has 2 aromatic carbocycles. The zero-order chi connectivity index (χ0) is 20.3. The highest BCUT2D eigenvalue weighted by Crippen LogP contribution is 2.36. The van der Waals surface area contributed by atoms with E-state index < -0.39 is 16.0 Å². The van der Waals surface area contributed by atoms with E-state index in [4.69, 9.17) is 4.74 Å². The molecule has 0 aromatic heterocycles. The number of thioether (sulfide) groups is 1. The van der Waals surface area contributed by atoms with Crippen molar-refractivity contribution >= 4 is 45.0 Å². The van der Waals surface area contributed by atoms with E-state index in [0.29, 0.717) is 23.4 Å². The Hall–Kier alpha value is -2.52. The van der Waals surface area contributed by atoms with E-state index in [1.54, 1.807) is 13.0 Å². The number of hydrogen-bond acceptors (Lipinski definition) is 6. The molecule has 0 saturated heterocycles. The number of ether oxygens (including phenoxy) is 1. The van der Waals surface area contributed by atoms with Gasteiger partial charge in [-0.15, -0.1) is 11.8 Å². The monoisotopic (exact) mass is 420 g/mol. The van der Waals surface area contributed by atoms with Crippen LogP contribution in [-0.2, 0) is 19.6 Å². The number of anilines is 2. The van der Waals surface area contributed by atoms with Crippen molar-refractivity contribution in [2.24, 2.45) is 0 Å². The number of nitrogens with one attached hydrogen (secondary N) is 2. The van der Waals surface area contributed by atoms with E-state index in [1.165, 1.54) is 48.2 Å². The van der Waals surface area contributed by atoms with Crippen LogP contribution in [0.15, 0.2) is 52.3 Å². The molecule has 0 unspecified atom stereocenters. The van der Waals surface area contributed by atoms with Crippen LogP contribution in [0.4, 0.5) is 11.4 Å². The highest BCUT2D eigenvalue weighted by Gasteiger charge is 2.22. The number of esters is 1. The molecule has 3 rings (SSSR count). The van der Waals surface area contributed by atoms with Crippen LogP contribution in [0.25, 0.3) is 0 Å². The van der Waals surface area contributed by atoms with Crippen molar-refractivity contribution in [1.82, 2.24) is 0 Å². The zero-order valence-corrected chi connectivity index (χ0v) is 17.0. The van der Waals surface area contributed by atoms with E-state index in [9.17, 15) is 18.0 Å². The van der Waals surface area contributed by atoms with E-state index >= 15 is 0 Å². The van der Waals surface area contributed by atoms with E-state index in [-0.39, 0.29) is 22.7 Å². The summed E-state index contributed by atoms with van der Waals surface area (Å²) in [6.45, 7) is 3.92. The summed E-state index contributed by atoms with van der Waals surface area (Å²) < 4.78 is 32.8. The van der Waals surface area contributed by atoms with Crippen LogP contribution in [0.3, 0.4) is 0 Å². The van der Waals surface area contributed by atoms with Crippen LogP contribution in [0, 0.1) is 0 Å². The van der Waals surface area contributed by atoms with Crippen LogP contribution >= 0.6 is 11.8 Å². The lowest BCUT2D eigenvalue weighted by atomic mass is 10.2. The van der Waals surface area contributed by atoms with E-state index in [0.717, 1.165) is 4.90 Å². The second kappa shape index (κ2) is 8.24. The molecule has 1 aliphatic heterocycles. The first-order chi connectivity index (χ1) is 13.3. The molecule has 2 N–H and O–H groups in total. The molecule has 148 valence electrons. The van der Waals surface area contributed by atoms with Crippen LogP contribution in [0.1, 0.15) is 30.6 Å². The van der Waals surface area contributed by atoms with E-state index in [1.807, 2.05) is 6.92 Å². The topological polar surface area (TPSA) is 102 Å². The lowest BCUT2D eigenvalue weighted by Gasteiger charge is -2.12. The van der Waals surface area contributed by atoms with Crippen LogP contribution in [-0.4, -0.2) is 32.2 Å². The average molecular weight is 421 g/mol. The number of carbonyl (C=O) groups excluding carboxylic acids is 2. The van der Waals surface area contributed by atoms with Gasteiger partial charge in [0.2, 0.25) is 5.91 Å². The minimum atomic E-state index is -3.86. The first kappa shape index (κ1) is 20.2. The highest BCUT2D eigenvalue weighted by atomic mass is 32.2. The molecule has 0 fully saturated rings. The van der Waals surface area contributed by atoms with Gasteiger partial charge in [-0.3, -0.25) is 9.52 Å². The predicted octanol–water partition coefficient (Wildman–Crippen LogP) is 3.49. The number of fused-ring (bicyclic) bond motifs is 1. The van der Waals surface area contributed by atoms with Crippen LogP contribution < -0.4 is 10.0 Å². The number of benzene rings is 2. The molecule has 0 saturated carbocycles. The lowest BCUT2D eigenvalue weighted by molar-refractivity contribution is -0.116. The maximum atomic E-state index is 12.7. The summed E-state index contributed by atoms with van der Waals surface area (Å²) in [6.07, 6.45) is 0.368. The zero-order valence-electron chi connectivity index (χ0n) is 15.4. The normalized spacial score (nSPS) is 16.5. The van der Waals surface area contributed by atoms with Gasteiger partial charge in [0.1, 0.15) is 0 Å². The number of rotatable bonds is 5. The summed E-state index contributed by atoms with van der Waals surface area (Å²) in [5.41, 5.74) is 1.14. The van der Waals surface area contributed by atoms with Crippen molar-refractivity contribution in [3.63, 3.8) is 0 Å². The molecule has 7 nitrogen and oxygen atoms in total. The molecule has 0 aliphatic carbocycles. The van der Waals surface area contributed by atoms with Crippen molar-refractivity contribution in [1.29, 1.82) is 0 Å². The van der Waals surface area contributed by atoms with Crippen molar-refractivity contribution in [3.8, 4) is 0 Å². The quantitative estimate of drug-likeness (QED) is 0.718. The Kier molecular flexibility index (Phi) is 5.95. The fourth-order valence-electron chi connectivity index (χ4n) is 2.70. The molecule has 2 aromatic rings. The lowest BCUT2D eigenvalue weighted by Crippen LogP contribution is -2.15. The summed E-state index contributed by atoms with van der Waals surface area (Å²) in [5.74, 6) is -0.610. The Labute approximate surface area is 167 Å². The molecule has 1 heterocycles. The molecule has 0 radical (unpaired) electrons. The summed E-state index contributed by atoms with van der Waals surface area (Å²) in [6, 6.07) is 10.6. The maximum absolute atomic E-state index is 12.7. The maximum Gasteiger partial charge on any atom is 0.338 e.